The van der Waals surface area contributed by atoms with Crippen LogP contribution >= 0.6 is 11.6 Å². The maximum Gasteiger partial charge on any atom is 0.245 e. The molecule has 2 aliphatic rings. The Kier molecular flexibility index (Phi) is 6.97. The predicted molar refractivity (Wildman–Crippen MR) is 113 cm³/mol. The first-order valence-electron chi connectivity index (χ1n) is 9.82. The summed E-state index contributed by atoms with van der Waals surface area (Å²) in [4.78, 5) is 28.7. The molecule has 2 atom stereocenters. The summed E-state index contributed by atoms with van der Waals surface area (Å²) in [6, 6.07) is 5.29. The molecule has 2 fully saturated rings. The molecule has 9 heteroatoms. The summed E-state index contributed by atoms with van der Waals surface area (Å²) in [6.45, 7) is 3.51. The molecule has 2 saturated heterocycles. The molecule has 2 heterocycles. The van der Waals surface area contributed by atoms with E-state index >= 15 is 0 Å². The molecule has 1 aromatic carbocycles. The van der Waals surface area contributed by atoms with Crippen molar-refractivity contribution in [1.82, 2.24) is 14.5 Å². The molecule has 2 amide bonds. The molecule has 0 unspecified atom stereocenters. The summed E-state index contributed by atoms with van der Waals surface area (Å²) in [5.41, 5.74) is 0.680. The van der Waals surface area contributed by atoms with Crippen LogP contribution in [-0.4, -0.2) is 61.7 Å². The fraction of sp³-hybridized carbons (Fsp3) is 0.500. The average molecular weight is 440 g/mol. The summed E-state index contributed by atoms with van der Waals surface area (Å²) >= 11 is 5.82. The number of sulfonamides is 1. The van der Waals surface area contributed by atoms with Gasteiger partial charge in [0.1, 0.15) is 12.1 Å². The zero-order valence-corrected chi connectivity index (χ0v) is 18.0. The zero-order valence-electron chi connectivity index (χ0n) is 16.4. The summed E-state index contributed by atoms with van der Waals surface area (Å²) in [7, 11) is -3.80. The van der Waals surface area contributed by atoms with Gasteiger partial charge in [0.05, 0.1) is 0 Å². The Labute approximate surface area is 176 Å². The van der Waals surface area contributed by atoms with Gasteiger partial charge in [0, 0.05) is 30.1 Å². The zero-order chi connectivity index (χ0) is 21.0. The van der Waals surface area contributed by atoms with E-state index in [9.17, 15) is 18.0 Å². The highest BCUT2D eigenvalue weighted by atomic mass is 35.5. The fourth-order valence-electron chi connectivity index (χ4n) is 3.69. The smallest absolute Gasteiger partial charge is 0.245 e. The Bertz CT molecular complexity index is 879. The number of rotatable bonds is 6. The number of piperidine rings is 1. The van der Waals surface area contributed by atoms with Gasteiger partial charge in [-0.25, -0.2) is 8.42 Å². The van der Waals surface area contributed by atoms with Crippen LogP contribution in [0.4, 0.5) is 0 Å². The minimum absolute atomic E-state index is 0.0656. The van der Waals surface area contributed by atoms with Crippen molar-refractivity contribution in [3.05, 3.63) is 40.3 Å². The van der Waals surface area contributed by atoms with Gasteiger partial charge in [-0.3, -0.25) is 9.59 Å². The second kappa shape index (κ2) is 9.28. The molecule has 0 bridgehead atoms. The van der Waals surface area contributed by atoms with Gasteiger partial charge in [0.25, 0.3) is 0 Å². The van der Waals surface area contributed by atoms with Crippen LogP contribution in [0, 0.1) is 0 Å². The third kappa shape index (κ3) is 5.58. The Morgan fingerprint density at radius 3 is 2.48 bits per heavy atom. The van der Waals surface area contributed by atoms with Crippen molar-refractivity contribution in [2.24, 2.45) is 0 Å². The van der Waals surface area contributed by atoms with Gasteiger partial charge in [0.2, 0.25) is 21.8 Å². The number of likely N-dealkylation sites (tertiary alicyclic amines) is 2. The normalized spacial score (nSPS) is 21.7. The molecule has 1 aromatic rings. The molecule has 1 N–H and O–H groups in total. The van der Waals surface area contributed by atoms with Gasteiger partial charge in [0.15, 0.2) is 0 Å². The lowest BCUT2D eigenvalue weighted by Gasteiger charge is -2.32. The Morgan fingerprint density at radius 1 is 1.17 bits per heavy atom. The number of nitrogens with zero attached hydrogens (tertiary/aromatic N) is 2. The fourth-order valence-corrected chi connectivity index (χ4v) is 4.84. The number of hydrogen-bond donors (Lipinski definition) is 1. The first-order valence-corrected chi connectivity index (χ1v) is 11.7. The minimum atomic E-state index is -3.80. The number of halogens is 1. The highest BCUT2D eigenvalue weighted by Crippen LogP contribution is 2.19. The molecule has 0 radical (unpaired) electrons. The number of hydrogen-bond acceptors (Lipinski definition) is 4. The van der Waals surface area contributed by atoms with E-state index in [0.717, 1.165) is 37.8 Å². The van der Waals surface area contributed by atoms with E-state index in [4.69, 9.17) is 11.6 Å². The first kappa shape index (κ1) is 21.8. The molecule has 2 aliphatic heterocycles. The molecule has 7 nitrogen and oxygen atoms in total. The summed E-state index contributed by atoms with van der Waals surface area (Å²) in [5.74, 6) is -0.421. The minimum Gasteiger partial charge on any atom is -0.341 e. The SMILES string of the molecule is C[C@H](C(=O)N1CCCCC1)N1CC[C@@H](NS(=O)(=O)/C=C/c2ccc(Cl)cc2)C1=O. The molecule has 0 aliphatic carbocycles. The van der Waals surface area contributed by atoms with E-state index in [1.54, 1.807) is 36.1 Å². The van der Waals surface area contributed by atoms with E-state index < -0.39 is 22.1 Å². The van der Waals surface area contributed by atoms with Crippen molar-refractivity contribution in [3.8, 4) is 0 Å². The van der Waals surface area contributed by atoms with Crippen LogP contribution in [0.3, 0.4) is 0 Å². The lowest BCUT2D eigenvalue weighted by atomic mass is 10.1. The molecular weight excluding hydrogens is 414 g/mol. The highest BCUT2D eigenvalue weighted by Gasteiger charge is 2.39. The van der Waals surface area contributed by atoms with Crippen molar-refractivity contribution in [3.63, 3.8) is 0 Å². The molecule has 0 spiro atoms. The first-order chi connectivity index (χ1) is 13.8. The Morgan fingerprint density at radius 2 is 1.83 bits per heavy atom. The van der Waals surface area contributed by atoms with Crippen LogP contribution in [0.5, 0.6) is 0 Å². The third-order valence-electron chi connectivity index (χ3n) is 5.35. The quantitative estimate of drug-likeness (QED) is 0.736. The number of carbonyl (C=O) groups is 2. The highest BCUT2D eigenvalue weighted by molar-refractivity contribution is 7.92. The van der Waals surface area contributed by atoms with Crippen LogP contribution in [0.25, 0.3) is 6.08 Å². The maximum absolute atomic E-state index is 12.7. The van der Waals surface area contributed by atoms with E-state index in [-0.39, 0.29) is 11.8 Å². The van der Waals surface area contributed by atoms with Crippen LogP contribution in [0.2, 0.25) is 5.02 Å². The van der Waals surface area contributed by atoms with E-state index in [0.29, 0.717) is 23.6 Å². The molecule has 29 heavy (non-hydrogen) atoms. The van der Waals surface area contributed by atoms with Crippen molar-refractivity contribution in [2.75, 3.05) is 19.6 Å². The van der Waals surface area contributed by atoms with Crippen LogP contribution in [0.15, 0.2) is 29.7 Å². The van der Waals surface area contributed by atoms with E-state index in [1.807, 2.05) is 0 Å². The van der Waals surface area contributed by atoms with E-state index in [2.05, 4.69) is 4.72 Å². The van der Waals surface area contributed by atoms with Gasteiger partial charge in [-0.2, -0.15) is 4.72 Å². The van der Waals surface area contributed by atoms with Gasteiger partial charge in [-0.05, 0) is 56.4 Å². The van der Waals surface area contributed by atoms with Gasteiger partial charge in [-0.15, -0.1) is 0 Å². The summed E-state index contributed by atoms with van der Waals surface area (Å²) < 4.78 is 27.2. The monoisotopic (exact) mass is 439 g/mol. The molecule has 3 rings (SSSR count). The Balaban J connectivity index is 1.60. The summed E-state index contributed by atoms with van der Waals surface area (Å²) in [5, 5.41) is 1.60. The second-order valence-electron chi connectivity index (χ2n) is 7.45. The van der Waals surface area contributed by atoms with Crippen LogP contribution < -0.4 is 4.72 Å². The number of amides is 2. The standard InChI is InChI=1S/C20H26ClN3O4S/c1-15(19(25)23-11-3-2-4-12-23)24-13-9-18(20(24)26)22-29(27,28)14-10-16-5-7-17(21)8-6-16/h5-8,10,14-15,18,22H,2-4,9,11-13H2,1H3/b14-10+/t15-,18-/m1/s1. The topological polar surface area (TPSA) is 86.8 Å². The lowest BCUT2D eigenvalue weighted by molar-refractivity contribution is -0.143. The summed E-state index contributed by atoms with van der Waals surface area (Å²) in [6.07, 6.45) is 4.86. The maximum atomic E-state index is 12.7. The van der Waals surface area contributed by atoms with E-state index in [1.165, 1.54) is 11.0 Å². The van der Waals surface area contributed by atoms with Crippen molar-refractivity contribution < 1.29 is 18.0 Å². The predicted octanol–water partition coefficient (Wildman–Crippen LogP) is 2.23. The third-order valence-corrected chi connectivity index (χ3v) is 6.71. The number of nitrogens with one attached hydrogen (secondary N) is 1. The molecule has 0 saturated carbocycles. The second-order valence-corrected chi connectivity index (χ2v) is 9.49. The average Bonchev–Trinajstić information content (AvgIpc) is 3.06. The van der Waals surface area contributed by atoms with Gasteiger partial charge < -0.3 is 9.80 Å². The Hall–Kier alpha value is -1.90. The van der Waals surface area contributed by atoms with Crippen molar-refractivity contribution in [1.29, 1.82) is 0 Å². The van der Waals surface area contributed by atoms with Crippen molar-refractivity contribution in [2.45, 2.75) is 44.7 Å². The van der Waals surface area contributed by atoms with Gasteiger partial charge in [-0.1, -0.05) is 23.7 Å². The lowest BCUT2D eigenvalue weighted by Crippen LogP contribution is -2.51. The van der Waals surface area contributed by atoms with Crippen molar-refractivity contribution >= 4 is 39.5 Å². The molecule has 0 aromatic heterocycles. The molecule has 158 valence electrons. The number of benzene rings is 1. The molecular formula is C20H26ClN3O4S. The van der Waals surface area contributed by atoms with Gasteiger partial charge >= 0.3 is 0 Å². The van der Waals surface area contributed by atoms with Crippen LogP contribution in [0.1, 0.15) is 38.2 Å². The van der Waals surface area contributed by atoms with Crippen LogP contribution in [-0.2, 0) is 19.6 Å². The number of carbonyl (C=O) groups excluding carboxylic acids is 2. The largest absolute Gasteiger partial charge is 0.341 e.